The number of hydrogen-bond donors (Lipinski definition) is 0. The second-order valence-corrected chi connectivity index (χ2v) is 1.22. The van der Waals surface area contributed by atoms with E-state index in [0.29, 0.717) is 0 Å². The van der Waals surface area contributed by atoms with Gasteiger partial charge in [0.25, 0.3) is 0 Å². The van der Waals surface area contributed by atoms with Gasteiger partial charge in [0, 0.05) is 6.21 Å². The van der Waals surface area contributed by atoms with Crippen molar-refractivity contribution in [1.82, 2.24) is 0 Å². The molecule has 1 rings (SSSR count). The Balaban J connectivity index is 2.67. The van der Waals surface area contributed by atoms with E-state index >= 15 is 0 Å². The molecular formula is C6H5N2. The number of nitrogens with zero attached hydrogens (tertiary/aromatic N) is 2. The first kappa shape index (κ1) is 4.97. The molecular weight excluding hydrogens is 100 g/mol. The third-order valence-electron chi connectivity index (χ3n) is 0.653. The number of aliphatic imine (C=N–C) groups is 2. The molecule has 0 N–H and O–H groups in total. The molecule has 0 saturated heterocycles. The van der Waals surface area contributed by atoms with Gasteiger partial charge in [-0.25, -0.2) is 9.98 Å². The first-order valence-electron chi connectivity index (χ1n) is 2.29. The van der Waals surface area contributed by atoms with E-state index in [0.717, 1.165) is 0 Å². The Morgan fingerprint density at radius 2 is 2.25 bits per heavy atom. The molecule has 0 atom stereocenters. The Bertz CT molecular complexity index is 107. The summed E-state index contributed by atoms with van der Waals surface area (Å²) in [6.45, 7) is 0. The zero-order valence-electron chi connectivity index (χ0n) is 4.28. The summed E-state index contributed by atoms with van der Waals surface area (Å²) in [5, 5.41) is 0. The van der Waals surface area contributed by atoms with Crippen LogP contribution in [0.4, 0.5) is 0 Å². The smallest absolute Gasteiger partial charge is 0.116 e. The molecule has 0 spiro atoms. The van der Waals surface area contributed by atoms with Gasteiger partial charge in [-0.3, -0.25) is 0 Å². The summed E-state index contributed by atoms with van der Waals surface area (Å²) in [5.41, 5.74) is 0. The Hall–Kier alpha value is -1.18. The summed E-state index contributed by atoms with van der Waals surface area (Å²) >= 11 is 0. The van der Waals surface area contributed by atoms with Crippen molar-refractivity contribution in [2.45, 2.75) is 0 Å². The van der Waals surface area contributed by atoms with E-state index in [9.17, 15) is 0 Å². The number of hydrogen-bond acceptors (Lipinski definition) is 2. The van der Waals surface area contributed by atoms with Crippen molar-refractivity contribution < 1.29 is 0 Å². The van der Waals surface area contributed by atoms with Gasteiger partial charge in [-0.05, 0) is 12.2 Å². The quantitative estimate of drug-likeness (QED) is 0.438. The molecule has 0 bridgehead atoms. The lowest BCUT2D eigenvalue weighted by atomic mass is 10.5. The highest BCUT2D eigenvalue weighted by atomic mass is 14.8. The minimum absolute atomic E-state index is 1.44. The molecule has 0 aromatic rings. The average Bonchev–Trinajstić information content (AvgIpc) is 1.62. The summed E-state index contributed by atoms with van der Waals surface area (Å²) in [5.74, 6) is 0. The van der Waals surface area contributed by atoms with Crippen LogP contribution >= 0.6 is 0 Å². The van der Waals surface area contributed by atoms with Crippen LogP contribution in [0.15, 0.2) is 28.2 Å². The average molecular weight is 105 g/mol. The van der Waals surface area contributed by atoms with Gasteiger partial charge in [-0.15, -0.1) is 0 Å². The summed E-state index contributed by atoms with van der Waals surface area (Å²) in [7, 11) is 0. The number of rotatable bonds is 0. The molecule has 2 nitrogen and oxygen atoms in total. The highest BCUT2D eigenvalue weighted by molar-refractivity contribution is 5.80. The van der Waals surface area contributed by atoms with Gasteiger partial charge < -0.3 is 0 Å². The van der Waals surface area contributed by atoms with Crippen molar-refractivity contribution >= 4 is 12.6 Å². The van der Waals surface area contributed by atoms with Gasteiger partial charge in [0.2, 0.25) is 0 Å². The fourth-order valence-corrected chi connectivity index (χ4v) is 0.346. The SMILES string of the molecule is [C]1=C\C=C/C=N\C=N/1. The van der Waals surface area contributed by atoms with Gasteiger partial charge in [0.15, 0.2) is 0 Å². The molecule has 1 aliphatic heterocycles. The minimum Gasteiger partial charge on any atom is -0.245 e. The first-order chi connectivity index (χ1) is 4.00. The Morgan fingerprint density at radius 1 is 1.25 bits per heavy atom. The molecule has 8 heavy (non-hydrogen) atoms. The zero-order chi connectivity index (χ0) is 5.66. The molecule has 0 aromatic heterocycles. The maximum absolute atomic E-state index is 3.74. The topological polar surface area (TPSA) is 24.7 Å². The predicted octanol–water partition coefficient (Wildman–Crippen LogP) is 0.972. The molecule has 0 saturated carbocycles. The normalized spacial score (nSPS) is 32.0. The van der Waals surface area contributed by atoms with Gasteiger partial charge in [-0.1, -0.05) is 6.08 Å². The van der Waals surface area contributed by atoms with Gasteiger partial charge in [-0.2, -0.15) is 0 Å². The van der Waals surface area contributed by atoms with Crippen LogP contribution in [0, 0.1) is 6.20 Å². The van der Waals surface area contributed by atoms with Crippen LogP contribution in [0.1, 0.15) is 0 Å². The van der Waals surface area contributed by atoms with Gasteiger partial charge in [0.05, 0.1) is 6.20 Å². The van der Waals surface area contributed by atoms with E-state index in [4.69, 9.17) is 0 Å². The lowest BCUT2D eigenvalue weighted by molar-refractivity contribution is 1.48. The molecule has 0 amide bonds. The third kappa shape index (κ3) is 1.51. The molecule has 39 valence electrons. The van der Waals surface area contributed by atoms with Crippen molar-refractivity contribution in [1.29, 1.82) is 0 Å². The van der Waals surface area contributed by atoms with Crippen molar-refractivity contribution in [3.05, 3.63) is 24.4 Å². The molecule has 1 aliphatic rings. The summed E-state index contributed by atoms with van der Waals surface area (Å²) in [4.78, 5) is 7.40. The van der Waals surface area contributed by atoms with Crippen LogP contribution in [0.25, 0.3) is 0 Å². The minimum atomic E-state index is 1.44. The molecule has 1 radical (unpaired) electrons. The molecule has 0 aliphatic carbocycles. The summed E-state index contributed by atoms with van der Waals surface area (Å²) in [6, 6.07) is 0. The van der Waals surface area contributed by atoms with Crippen molar-refractivity contribution in [3.63, 3.8) is 0 Å². The van der Waals surface area contributed by atoms with Gasteiger partial charge >= 0.3 is 0 Å². The summed E-state index contributed by atoms with van der Waals surface area (Å²) in [6.07, 6.45) is 11.1. The van der Waals surface area contributed by atoms with Crippen LogP contribution in [0.3, 0.4) is 0 Å². The van der Waals surface area contributed by atoms with E-state index in [2.05, 4.69) is 16.2 Å². The Kier molecular flexibility index (Phi) is 1.80. The highest BCUT2D eigenvalue weighted by Gasteiger charge is 1.67. The second-order valence-electron chi connectivity index (χ2n) is 1.22. The van der Waals surface area contributed by atoms with Crippen LogP contribution in [0.2, 0.25) is 0 Å². The van der Waals surface area contributed by atoms with Crippen molar-refractivity contribution in [3.8, 4) is 0 Å². The Morgan fingerprint density at radius 3 is 3.25 bits per heavy atom. The number of allylic oxidation sites excluding steroid dienone is 3. The van der Waals surface area contributed by atoms with Crippen LogP contribution in [-0.2, 0) is 0 Å². The predicted molar refractivity (Wildman–Crippen MR) is 33.9 cm³/mol. The Labute approximate surface area is 48.0 Å². The largest absolute Gasteiger partial charge is 0.245 e. The standard InChI is InChI=1S/C6H5N2/c1-2-4-7-6-8-5-3-1/h1-4,6H/b2-1-,3-1?,4-2?,5-3?,7-4-,7-6?,8-5?,8-6-. The molecule has 0 aromatic carbocycles. The van der Waals surface area contributed by atoms with Crippen LogP contribution in [-0.4, -0.2) is 12.6 Å². The van der Waals surface area contributed by atoms with E-state index in [1.54, 1.807) is 12.3 Å². The van der Waals surface area contributed by atoms with Crippen molar-refractivity contribution in [2.75, 3.05) is 0 Å². The van der Waals surface area contributed by atoms with Gasteiger partial charge in [0.1, 0.15) is 6.34 Å². The molecule has 0 unspecified atom stereocenters. The lowest BCUT2D eigenvalue weighted by Gasteiger charge is -1.76. The third-order valence-corrected chi connectivity index (χ3v) is 0.653. The maximum Gasteiger partial charge on any atom is 0.116 e. The maximum atomic E-state index is 3.74. The first-order valence-corrected chi connectivity index (χ1v) is 2.29. The van der Waals surface area contributed by atoms with E-state index < -0.39 is 0 Å². The highest BCUT2D eigenvalue weighted by Crippen LogP contribution is 1.78. The zero-order valence-corrected chi connectivity index (χ0v) is 4.28. The van der Waals surface area contributed by atoms with Crippen molar-refractivity contribution in [2.24, 2.45) is 9.98 Å². The molecule has 0 fully saturated rings. The summed E-state index contributed by atoms with van der Waals surface area (Å²) < 4.78 is 0. The molecule has 2 heteroatoms. The second kappa shape index (κ2) is 2.91. The fraction of sp³-hybridized carbons (Fsp3) is 0. The van der Waals surface area contributed by atoms with E-state index in [1.165, 1.54) is 6.34 Å². The monoisotopic (exact) mass is 105 g/mol. The lowest BCUT2D eigenvalue weighted by Crippen LogP contribution is -1.69. The van der Waals surface area contributed by atoms with E-state index in [1.807, 2.05) is 12.2 Å². The molecule has 1 heterocycles. The van der Waals surface area contributed by atoms with Crippen LogP contribution in [0.5, 0.6) is 0 Å². The fourth-order valence-electron chi connectivity index (χ4n) is 0.346. The van der Waals surface area contributed by atoms with Crippen LogP contribution < -0.4 is 0 Å². The van der Waals surface area contributed by atoms with E-state index in [-0.39, 0.29) is 0 Å².